The van der Waals surface area contributed by atoms with E-state index < -0.39 is 6.10 Å². The molecule has 2 aliphatic heterocycles. The van der Waals surface area contributed by atoms with Gasteiger partial charge >= 0.3 is 0 Å². The Hall–Kier alpha value is -1.13. The molecule has 3 unspecified atom stereocenters. The zero-order valence-corrected chi connectivity index (χ0v) is 11.9. The van der Waals surface area contributed by atoms with Gasteiger partial charge in [-0.3, -0.25) is 0 Å². The van der Waals surface area contributed by atoms with Crippen molar-refractivity contribution in [2.45, 2.75) is 50.9 Å². The van der Waals surface area contributed by atoms with Crippen LogP contribution in [0.5, 0.6) is 5.75 Å². The van der Waals surface area contributed by atoms with E-state index in [0.717, 1.165) is 12.8 Å². The third-order valence-corrected chi connectivity index (χ3v) is 4.43. The molecule has 0 saturated carbocycles. The fourth-order valence-corrected chi connectivity index (χ4v) is 3.24. The molecule has 3 atom stereocenters. The predicted octanol–water partition coefficient (Wildman–Crippen LogP) is 3.22. The van der Waals surface area contributed by atoms with E-state index in [2.05, 4.69) is 13.8 Å². The number of hydrogen-bond acceptors (Lipinski definition) is 3. The third kappa shape index (κ3) is 2.42. The van der Waals surface area contributed by atoms with Gasteiger partial charge in [-0.1, -0.05) is 13.8 Å². The molecule has 2 heterocycles. The highest BCUT2D eigenvalue weighted by atomic mass is 19.1. The molecule has 20 heavy (non-hydrogen) atoms. The van der Waals surface area contributed by atoms with Gasteiger partial charge in [0.25, 0.3) is 0 Å². The van der Waals surface area contributed by atoms with E-state index >= 15 is 0 Å². The molecule has 0 amide bonds. The molecule has 3 nitrogen and oxygen atoms in total. The zero-order chi connectivity index (χ0) is 14.3. The van der Waals surface area contributed by atoms with Gasteiger partial charge < -0.3 is 14.6 Å². The van der Waals surface area contributed by atoms with Crippen molar-refractivity contribution in [1.29, 1.82) is 0 Å². The van der Waals surface area contributed by atoms with Crippen LogP contribution in [-0.4, -0.2) is 23.4 Å². The largest absolute Gasteiger partial charge is 0.487 e. The van der Waals surface area contributed by atoms with Gasteiger partial charge in [-0.15, -0.1) is 0 Å². The summed E-state index contributed by atoms with van der Waals surface area (Å²) in [6, 6.07) is 4.37. The third-order valence-electron chi connectivity index (χ3n) is 4.43. The molecule has 0 aliphatic carbocycles. The molecule has 4 heteroatoms. The van der Waals surface area contributed by atoms with Crippen molar-refractivity contribution in [3.63, 3.8) is 0 Å². The lowest BCUT2D eigenvalue weighted by Gasteiger charge is -2.46. The first kappa shape index (κ1) is 13.8. The molecule has 0 aromatic heterocycles. The van der Waals surface area contributed by atoms with Crippen LogP contribution in [0.1, 0.15) is 44.8 Å². The fourth-order valence-electron chi connectivity index (χ4n) is 3.24. The van der Waals surface area contributed by atoms with Gasteiger partial charge in [0, 0.05) is 24.8 Å². The molecule has 1 aromatic carbocycles. The van der Waals surface area contributed by atoms with Crippen LogP contribution in [0.15, 0.2) is 18.2 Å². The summed E-state index contributed by atoms with van der Waals surface area (Å²) < 4.78 is 25.2. The second kappa shape index (κ2) is 5.01. The Bertz CT molecular complexity index is 502. The maximum Gasteiger partial charge on any atom is 0.126 e. The summed E-state index contributed by atoms with van der Waals surface area (Å²) in [6.07, 6.45) is 1.54. The summed E-state index contributed by atoms with van der Waals surface area (Å²) >= 11 is 0. The Kier molecular flexibility index (Phi) is 3.46. The normalized spacial score (nSPS) is 33.0. The quantitative estimate of drug-likeness (QED) is 0.858. The average molecular weight is 280 g/mol. The highest BCUT2D eigenvalue weighted by Gasteiger charge is 2.45. The molecule has 110 valence electrons. The molecular formula is C16H21FO3. The molecule has 1 N–H and O–H groups in total. The highest BCUT2D eigenvalue weighted by Crippen LogP contribution is 2.45. The minimum absolute atomic E-state index is 0.151. The predicted molar refractivity (Wildman–Crippen MR) is 73.1 cm³/mol. The summed E-state index contributed by atoms with van der Waals surface area (Å²) in [5.74, 6) is 0.687. The second-order valence-electron chi connectivity index (χ2n) is 6.29. The number of aliphatic hydroxyl groups is 1. The van der Waals surface area contributed by atoms with Crippen molar-refractivity contribution < 1.29 is 19.0 Å². The summed E-state index contributed by atoms with van der Waals surface area (Å²) in [7, 11) is 0. The number of benzene rings is 1. The molecule has 1 spiro atoms. The van der Waals surface area contributed by atoms with Crippen LogP contribution in [0.4, 0.5) is 4.39 Å². The highest BCUT2D eigenvalue weighted by molar-refractivity contribution is 5.38. The van der Waals surface area contributed by atoms with Crippen molar-refractivity contribution in [3.05, 3.63) is 29.6 Å². The van der Waals surface area contributed by atoms with Crippen molar-refractivity contribution in [2.24, 2.45) is 5.92 Å². The van der Waals surface area contributed by atoms with Gasteiger partial charge in [-0.2, -0.15) is 0 Å². The van der Waals surface area contributed by atoms with E-state index in [1.54, 1.807) is 6.07 Å². The molecule has 1 fully saturated rings. The van der Waals surface area contributed by atoms with Crippen LogP contribution in [0.2, 0.25) is 0 Å². The van der Waals surface area contributed by atoms with E-state index in [-0.39, 0.29) is 17.5 Å². The van der Waals surface area contributed by atoms with Crippen LogP contribution in [-0.2, 0) is 4.74 Å². The minimum atomic E-state index is -0.666. The van der Waals surface area contributed by atoms with Crippen molar-refractivity contribution >= 4 is 0 Å². The van der Waals surface area contributed by atoms with Gasteiger partial charge in [0.15, 0.2) is 0 Å². The Labute approximate surface area is 118 Å². The second-order valence-corrected chi connectivity index (χ2v) is 6.29. The Morgan fingerprint density at radius 2 is 2.15 bits per heavy atom. The van der Waals surface area contributed by atoms with Crippen LogP contribution in [0.3, 0.4) is 0 Å². The van der Waals surface area contributed by atoms with E-state index in [9.17, 15) is 9.50 Å². The van der Waals surface area contributed by atoms with Crippen molar-refractivity contribution in [1.82, 2.24) is 0 Å². The summed E-state index contributed by atoms with van der Waals surface area (Å²) in [5.41, 5.74) is 0.181. The van der Waals surface area contributed by atoms with Gasteiger partial charge in [0.2, 0.25) is 0 Å². The lowest BCUT2D eigenvalue weighted by Crippen LogP contribution is -2.49. The Balaban J connectivity index is 1.88. The first-order valence-corrected chi connectivity index (χ1v) is 7.27. The maximum absolute atomic E-state index is 13.3. The van der Waals surface area contributed by atoms with Gasteiger partial charge in [-0.25, -0.2) is 4.39 Å². The first-order valence-electron chi connectivity index (χ1n) is 7.27. The number of ether oxygens (including phenoxy) is 2. The number of fused-ring (bicyclic) bond motifs is 1. The maximum atomic E-state index is 13.3. The van der Waals surface area contributed by atoms with Crippen LogP contribution in [0.25, 0.3) is 0 Å². The summed E-state index contributed by atoms with van der Waals surface area (Å²) in [5, 5.41) is 10.3. The van der Waals surface area contributed by atoms with E-state index in [0.29, 0.717) is 30.3 Å². The minimum Gasteiger partial charge on any atom is -0.487 e. The van der Waals surface area contributed by atoms with E-state index in [4.69, 9.17) is 9.47 Å². The molecule has 3 rings (SSSR count). The average Bonchev–Trinajstić information content (AvgIpc) is 2.40. The van der Waals surface area contributed by atoms with Gasteiger partial charge in [0.1, 0.15) is 17.2 Å². The lowest BCUT2D eigenvalue weighted by molar-refractivity contribution is -0.127. The lowest BCUT2D eigenvalue weighted by atomic mass is 9.79. The number of aliphatic hydroxyl groups excluding tert-OH is 1. The van der Waals surface area contributed by atoms with Crippen LogP contribution < -0.4 is 4.74 Å². The number of halogens is 1. The standard InChI is InChI=1S/C16H21FO3/c1-10(2)15-9-16(5-6-19-15)8-13(18)12-7-11(17)3-4-14(12)20-16/h3-4,7,10,13,15,18H,5-6,8-9H2,1-2H3. The monoisotopic (exact) mass is 280 g/mol. The van der Waals surface area contributed by atoms with E-state index in [1.165, 1.54) is 12.1 Å². The van der Waals surface area contributed by atoms with E-state index in [1.807, 2.05) is 0 Å². The molecule has 1 aromatic rings. The SMILES string of the molecule is CC(C)C1CC2(CCO1)CC(O)c1cc(F)ccc1O2. The smallest absolute Gasteiger partial charge is 0.126 e. The summed E-state index contributed by atoms with van der Waals surface area (Å²) in [4.78, 5) is 0. The number of rotatable bonds is 1. The molecule has 2 aliphatic rings. The van der Waals surface area contributed by atoms with Crippen molar-refractivity contribution in [2.75, 3.05) is 6.61 Å². The molecule has 0 bridgehead atoms. The topological polar surface area (TPSA) is 38.7 Å². The molecule has 1 saturated heterocycles. The Morgan fingerprint density at radius 3 is 2.90 bits per heavy atom. The van der Waals surface area contributed by atoms with Crippen LogP contribution >= 0.6 is 0 Å². The van der Waals surface area contributed by atoms with Crippen LogP contribution in [0, 0.1) is 11.7 Å². The van der Waals surface area contributed by atoms with Crippen molar-refractivity contribution in [3.8, 4) is 5.75 Å². The first-order chi connectivity index (χ1) is 9.49. The molecular weight excluding hydrogens is 259 g/mol. The summed E-state index contributed by atoms with van der Waals surface area (Å²) in [6.45, 7) is 4.91. The zero-order valence-electron chi connectivity index (χ0n) is 11.9. The van der Waals surface area contributed by atoms with Gasteiger partial charge in [-0.05, 0) is 24.1 Å². The number of hydrogen-bond donors (Lipinski definition) is 1. The fraction of sp³-hybridized carbons (Fsp3) is 0.625. The molecule has 0 radical (unpaired) electrons. The Morgan fingerprint density at radius 1 is 1.35 bits per heavy atom. The van der Waals surface area contributed by atoms with Gasteiger partial charge in [0.05, 0.1) is 18.8 Å².